The molecule has 9 heteroatoms. The first-order chi connectivity index (χ1) is 17.7. The summed E-state index contributed by atoms with van der Waals surface area (Å²) in [6.45, 7) is 7.47. The number of nitrogens with zero attached hydrogens (tertiary/aromatic N) is 4. The maximum atomic E-state index is 13.4. The predicted octanol–water partition coefficient (Wildman–Crippen LogP) is 5.07. The highest BCUT2D eigenvalue weighted by Crippen LogP contribution is 2.54. The van der Waals surface area contributed by atoms with Crippen LogP contribution in [0, 0.1) is 20.9 Å². The Balaban J connectivity index is 1.42. The van der Waals surface area contributed by atoms with E-state index in [-0.39, 0.29) is 34.3 Å². The first kappa shape index (κ1) is 24.7. The van der Waals surface area contributed by atoms with E-state index in [4.69, 9.17) is 0 Å². The average Bonchev–Trinajstić information content (AvgIpc) is 3.12. The van der Waals surface area contributed by atoms with E-state index in [2.05, 4.69) is 46.5 Å². The van der Waals surface area contributed by atoms with Gasteiger partial charge in [-0.1, -0.05) is 81.4 Å². The molecule has 5 rings (SSSR count). The predicted molar refractivity (Wildman–Crippen MR) is 142 cm³/mol. The summed E-state index contributed by atoms with van der Waals surface area (Å²) < 4.78 is 0. The average molecular weight is 501 g/mol. The van der Waals surface area contributed by atoms with E-state index in [9.17, 15) is 14.9 Å². The molecule has 1 saturated heterocycles. The first-order valence-corrected chi connectivity index (χ1v) is 12.6. The standard InChI is InChI=1S/C28H32N6O3/c1-27(2)14-21-15-28(3,16-27)17-33(21)25-23(34(36)37)24(29-18-30-25)31-32-26(35)22(19-10-6-4-7-11-19)20-12-8-5-9-13-20/h4-13,18,21-22H,14-17H2,1-3H3,(H,32,35)(H,29,30,31). The van der Waals surface area contributed by atoms with Crippen molar-refractivity contribution in [1.82, 2.24) is 15.4 Å². The number of hydrogen-bond acceptors (Lipinski definition) is 7. The van der Waals surface area contributed by atoms with Gasteiger partial charge in [-0.05, 0) is 41.2 Å². The van der Waals surface area contributed by atoms with Gasteiger partial charge in [0.05, 0.1) is 10.8 Å². The van der Waals surface area contributed by atoms with Gasteiger partial charge in [0.2, 0.25) is 17.5 Å². The van der Waals surface area contributed by atoms with Crippen molar-refractivity contribution in [2.75, 3.05) is 16.9 Å². The molecule has 1 aliphatic heterocycles. The molecule has 2 bridgehead atoms. The van der Waals surface area contributed by atoms with Crippen LogP contribution in [-0.4, -0.2) is 33.4 Å². The van der Waals surface area contributed by atoms with Crippen LogP contribution in [0.25, 0.3) is 0 Å². The van der Waals surface area contributed by atoms with Gasteiger partial charge in [-0.25, -0.2) is 9.97 Å². The number of anilines is 2. The zero-order valence-electron chi connectivity index (χ0n) is 21.3. The molecule has 2 aliphatic rings. The Morgan fingerprint density at radius 1 is 1.03 bits per heavy atom. The molecule has 3 aromatic rings. The lowest BCUT2D eigenvalue weighted by Gasteiger charge is -2.39. The number of nitro groups is 1. The van der Waals surface area contributed by atoms with Crippen molar-refractivity contribution < 1.29 is 9.72 Å². The highest BCUT2D eigenvalue weighted by Gasteiger charge is 2.51. The molecule has 0 radical (unpaired) electrons. The van der Waals surface area contributed by atoms with Gasteiger partial charge in [-0.3, -0.25) is 25.8 Å². The summed E-state index contributed by atoms with van der Waals surface area (Å²) >= 11 is 0. The monoisotopic (exact) mass is 500 g/mol. The van der Waals surface area contributed by atoms with Gasteiger partial charge >= 0.3 is 5.69 Å². The number of rotatable bonds is 7. The summed E-state index contributed by atoms with van der Waals surface area (Å²) in [6, 6.07) is 19.0. The van der Waals surface area contributed by atoms with Crippen LogP contribution in [-0.2, 0) is 4.79 Å². The van der Waals surface area contributed by atoms with E-state index >= 15 is 0 Å². The van der Waals surface area contributed by atoms with E-state index in [0.717, 1.165) is 30.4 Å². The maximum Gasteiger partial charge on any atom is 0.355 e. The van der Waals surface area contributed by atoms with Gasteiger partial charge in [0, 0.05) is 12.6 Å². The quantitative estimate of drug-likeness (QED) is 0.344. The van der Waals surface area contributed by atoms with Crippen molar-refractivity contribution in [3.8, 4) is 0 Å². The van der Waals surface area contributed by atoms with Gasteiger partial charge in [-0.2, -0.15) is 0 Å². The smallest absolute Gasteiger partial charge is 0.347 e. The second-order valence-corrected chi connectivity index (χ2v) is 11.4. The first-order valence-electron chi connectivity index (χ1n) is 12.6. The number of nitrogens with one attached hydrogen (secondary N) is 2. The second kappa shape index (κ2) is 9.46. The minimum atomic E-state index is -0.602. The molecule has 2 unspecified atom stereocenters. The Labute approximate surface area is 216 Å². The fourth-order valence-electron chi connectivity index (χ4n) is 6.53. The van der Waals surface area contributed by atoms with Crippen LogP contribution >= 0.6 is 0 Å². The lowest BCUT2D eigenvalue weighted by Crippen LogP contribution is -2.36. The number of carbonyl (C=O) groups is 1. The van der Waals surface area contributed by atoms with Gasteiger partial charge in [0.15, 0.2) is 0 Å². The molecule has 1 aliphatic carbocycles. The minimum absolute atomic E-state index is 0.0333. The van der Waals surface area contributed by atoms with Crippen LogP contribution < -0.4 is 15.8 Å². The summed E-state index contributed by atoms with van der Waals surface area (Å²) in [7, 11) is 0. The molecule has 37 heavy (non-hydrogen) atoms. The Hall–Kier alpha value is -4.01. The van der Waals surface area contributed by atoms with Crippen molar-refractivity contribution in [3.05, 3.63) is 88.2 Å². The molecule has 2 heterocycles. The normalized spacial score (nSPS) is 22.1. The fourth-order valence-corrected chi connectivity index (χ4v) is 6.53. The zero-order valence-corrected chi connectivity index (χ0v) is 21.3. The van der Waals surface area contributed by atoms with E-state index < -0.39 is 10.8 Å². The molecular formula is C28H32N6O3. The Kier molecular flexibility index (Phi) is 6.31. The molecule has 2 atom stereocenters. The second-order valence-electron chi connectivity index (χ2n) is 11.4. The molecule has 192 valence electrons. The van der Waals surface area contributed by atoms with Crippen LogP contribution in [0.3, 0.4) is 0 Å². The Morgan fingerprint density at radius 3 is 2.24 bits per heavy atom. The van der Waals surface area contributed by atoms with Gasteiger partial charge in [0.1, 0.15) is 6.33 Å². The van der Waals surface area contributed by atoms with Crippen LogP contribution in [0.2, 0.25) is 0 Å². The fraction of sp³-hybridized carbons (Fsp3) is 0.393. The summed E-state index contributed by atoms with van der Waals surface area (Å²) in [5.74, 6) is -0.687. The molecule has 9 nitrogen and oxygen atoms in total. The topological polar surface area (TPSA) is 113 Å². The number of aromatic nitrogens is 2. The largest absolute Gasteiger partial charge is 0.355 e. The van der Waals surface area contributed by atoms with E-state index in [1.54, 1.807) is 0 Å². The molecular weight excluding hydrogens is 468 g/mol. The SMILES string of the molecule is CC1(C)CC2CC(C)(CN2c2ncnc(NNC(=O)C(c3ccccc3)c3ccccc3)c2[N+](=O)[O-])C1. The third-order valence-corrected chi connectivity index (χ3v) is 7.50. The van der Waals surface area contributed by atoms with Crippen LogP contribution in [0.15, 0.2) is 67.0 Å². The van der Waals surface area contributed by atoms with Crippen LogP contribution in [0.1, 0.15) is 57.1 Å². The minimum Gasteiger partial charge on any atom is -0.347 e. The van der Waals surface area contributed by atoms with E-state index in [0.29, 0.717) is 12.4 Å². The Bertz CT molecular complexity index is 1260. The number of amides is 1. The Morgan fingerprint density at radius 2 is 1.65 bits per heavy atom. The molecule has 2 aromatic carbocycles. The molecule has 1 amide bonds. The lowest BCUT2D eigenvalue weighted by atomic mass is 9.65. The van der Waals surface area contributed by atoms with Crippen molar-refractivity contribution >= 4 is 23.2 Å². The highest BCUT2D eigenvalue weighted by atomic mass is 16.6. The number of carbonyl (C=O) groups excluding carboxylic acids is 1. The summed E-state index contributed by atoms with van der Waals surface area (Å²) in [5, 5.41) is 12.3. The van der Waals surface area contributed by atoms with Crippen LogP contribution in [0.5, 0.6) is 0 Å². The lowest BCUT2D eigenvalue weighted by molar-refractivity contribution is -0.383. The highest BCUT2D eigenvalue weighted by molar-refractivity contribution is 5.88. The summed E-state index contributed by atoms with van der Waals surface area (Å²) in [4.78, 5) is 35.8. The molecule has 0 spiro atoms. The molecule has 2 N–H and O–H groups in total. The van der Waals surface area contributed by atoms with Gasteiger partial charge in [-0.15, -0.1) is 0 Å². The third kappa shape index (κ3) is 4.98. The number of hydrazine groups is 1. The third-order valence-electron chi connectivity index (χ3n) is 7.50. The number of benzene rings is 2. The zero-order chi connectivity index (χ0) is 26.2. The van der Waals surface area contributed by atoms with E-state index in [1.165, 1.54) is 6.33 Å². The molecule has 2 fully saturated rings. The number of hydrogen-bond donors (Lipinski definition) is 2. The van der Waals surface area contributed by atoms with Crippen molar-refractivity contribution in [1.29, 1.82) is 0 Å². The van der Waals surface area contributed by atoms with E-state index in [1.807, 2.05) is 60.7 Å². The van der Waals surface area contributed by atoms with Gasteiger partial charge in [0.25, 0.3) is 0 Å². The number of fused-ring (bicyclic) bond motifs is 2. The molecule has 1 aromatic heterocycles. The van der Waals surface area contributed by atoms with Crippen molar-refractivity contribution in [2.24, 2.45) is 10.8 Å². The van der Waals surface area contributed by atoms with Gasteiger partial charge < -0.3 is 4.90 Å². The van der Waals surface area contributed by atoms with Crippen molar-refractivity contribution in [3.63, 3.8) is 0 Å². The van der Waals surface area contributed by atoms with Crippen LogP contribution in [0.4, 0.5) is 17.3 Å². The summed E-state index contributed by atoms with van der Waals surface area (Å²) in [6.07, 6.45) is 4.30. The van der Waals surface area contributed by atoms with Crippen molar-refractivity contribution in [2.45, 2.75) is 52.0 Å². The molecule has 1 saturated carbocycles. The maximum absolute atomic E-state index is 13.4. The summed E-state index contributed by atoms with van der Waals surface area (Å²) in [5.41, 5.74) is 7.05.